The van der Waals surface area contributed by atoms with Crippen molar-refractivity contribution in [1.29, 1.82) is 0 Å². The zero-order valence-electron chi connectivity index (χ0n) is 10.3. The monoisotopic (exact) mass is 318 g/mol. The van der Waals surface area contributed by atoms with Crippen LogP contribution in [0.15, 0.2) is 33.6 Å². The van der Waals surface area contributed by atoms with Gasteiger partial charge in [-0.1, -0.05) is 15.9 Å². The van der Waals surface area contributed by atoms with E-state index in [0.29, 0.717) is 13.2 Å². The molecule has 2 nitrogen and oxygen atoms in total. The van der Waals surface area contributed by atoms with Gasteiger partial charge >= 0.3 is 0 Å². The molecule has 0 bridgehead atoms. The van der Waals surface area contributed by atoms with Crippen LogP contribution >= 0.6 is 27.7 Å². The van der Waals surface area contributed by atoms with E-state index in [-0.39, 0.29) is 6.29 Å². The summed E-state index contributed by atoms with van der Waals surface area (Å²) >= 11 is 5.26. The van der Waals surface area contributed by atoms with Crippen molar-refractivity contribution in [3.8, 4) is 0 Å². The Kier molecular flexibility index (Phi) is 7.93. The Labute approximate surface area is 116 Å². The molecule has 0 heterocycles. The molecule has 0 unspecified atom stereocenters. The first-order valence-corrected chi connectivity index (χ1v) is 7.65. The molecule has 0 saturated heterocycles. The van der Waals surface area contributed by atoms with Crippen LogP contribution < -0.4 is 0 Å². The molecular formula is C13H19BrO2S. The number of hydrogen-bond donors (Lipinski definition) is 0. The van der Waals surface area contributed by atoms with Crippen molar-refractivity contribution in [3.63, 3.8) is 0 Å². The van der Waals surface area contributed by atoms with Crippen LogP contribution in [0.25, 0.3) is 0 Å². The predicted octanol–water partition coefficient (Wildman–Crippen LogP) is 4.33. The molecule has 0 amide bonds. The molecule has 0 radical (unpaired) electrons. The van der Waals surface area contributed by atoms with E-state index in [1.165, 1.54) is 4.90 Å². The maximum atomic E-state index is 5.50. The molecule has 0 aliphatic carbocycles. The summed E-state index contributed by atoms with van der Waals surface area (Å²) in [4.78, 5) is 1.28. The molecule has 0 aliphatic rings. The number of ether oxygens (including phenoxy) is 2. The minimum absolute atomic E-state index is 0.0621. The standard InChI is InChI=1S/C13H19BrO2S/c1-3-15-13(16-4-2)9-10-17-12-7-5-11(14)6-8-12/h5-8,13H,3-4,9-10H2,1-2H3. The molecule has 0 N–H and O–H groups in total. The van der Waals surface area contributed by atoms with Gasteiger partial charge in [-0.2, -0.15) is 0 Å². The van der Waals surface area contributed by atoms with Crippen molar-refractivity contribution in [1.82, 2.24) is 0 Å². The highest BCUT2D eigenvalue weighted by molar-refractivity contribution is 9.10. The van der Waals surface area contributed by atoms with Crippen LogP contribution in [0.4, 0.5) is 0 Å². The van der Waals surface area contributed by atoms with Gasteiger partial charge in [-0.15, -0.1) is 11.8 Å². The summed E-state index contributed by atoms with van der Waals surface area (Å²) in [7, 11) is 0. The summed E-state index contributed by atoms with van der Waals surface area (Å²) in [5, 5.41) is 0. The largest absolute Gasteiger partial charge is 0.353 e. The Morgan fingerprint density at radius 3 is 2.24 bits per heavy atom. The lowest BCUT2D eigenvalue weighted by molar-refractivity contribution is -0.136. The van der Waals surface area contributed by atoms with E-state index in [1.54, 1.807) is 0 Å². The normalized spacial score (nSPS) is 11.1. The maximum Gasteiger partial charge on any atom is 0.158 e. The Bertz CT molecular complexity index is 297. The van der Waals surface area contributed by atoms with Gasteiger partial charge in [0.15, 0.2) is 6.29 Å². The first-order chi connectivity index (χ1) is 8.26. The third-order valence-electron chi connectivity index (χ3n) is 2.14. The van der Waals surface area contributed by atoms with E-state index >= 15 is 0 Å². The van der Waals surface area contributed by atoms with Gasteiger partial charge in [0.25, 0.3) is 0 Å². The van der Waals surface area contributed by atoms with E-state index in [0.717, 1.165) is 16.6 Å². The number of benzene rings is 1. The van der Waals surface area contributed by atoms with Crippen molar-refractivity contribution >= 4 is 27.7 Å². The first kappa shape index (κ1) is 15.0. The van der Waals surface area contributed by atoms with Gasteiger partial charge in [-0.25, -0.2) is 0 Å². The fourth-order valence-corrected chi connectivity index (χ4v) is 2.53. The molecule has 1 aromatic carbocycles. The minimum atomic E-state index is -0.0621. The second kappa shape index (κ2) is 8.97. The van der Waals surface area contributed by atoms with Gasteiger partial charge in [0, 0.05) is 34.8 Å². The summed E-state index contributed by atoms with van der Waals surface area (Å²) in [6.45, 7) is 5.39. The number of rotatable bonds is 8. The number of hydrogen-bond acceptors (Lipinski definition) is 3. The smallest absolute Gasteiger partial charge is 0.158 e. The molecular weight excluding hydrogens is 300 g/mol. The highest BCUT2D eigenvalue weighted by Gasteiger charge is 2.07. The average molecular weight is 319 g/mol. The molecule has 96 valence electrons. The Morgan fingerprint density at radius 1 is 1.12 bits per heavy atom. The second-order valence-corrected chi connectivity index (χ2v) is 5.52. The topological polar surface area (TPSA) is 18.5 Å². The van der Waals surface area contributed by atoms with Crippen LogP contribution in [0.3, 0.4) is 0 Å². The molecule has 0 fully saturated rings. The Balaban J connectivity index is 2.27. The van der Waals surface area contributed by atoms with Gasteiger partial charge < -0.3 is 9.47 Å². The predicted molar refractivity (Wildman–Crippen MR) is 76.5 cm³/mol. The molecule has 17 heavy (non-hydrogen) atoms. The van der Waals surface area contributed by atoms with E-state index in [9.17, 15) is 0 Å². The summed E-state index contributed by atoms with van der Waals surface area (Å²) in [6.07, 6.45) is 0.857. The lowest BCUT2D eigenvalue weighted by Crippen LogP contribution is -2.18. The Hall–Kier alpha value is -0.0300. The van der Waals surface area contributed by atoms with Crippen LogP contribution in [0.5, 0.6) is 0 Å². The summed E-state index contributed by atoms with van der Waals surface area (Å²) in [5.74, 6) is 1.01. The average Bonchev–Trinajstić information content (AvgIpc) is 2.32. The summed E-state index contributed by atoms with van der Waals surface area (Å²) in [6, 6.07) is 8.35. The van der Waals surface area contributed by atoms with Crippen molar-refractivity contribution in [2.75, 3.05) is 19.0 Å². The molecule has 0 atom stereocenters. The molecule has 0 aromatic heterocycles. The molecule has 1 rings (SSSR count). The van der Waals surface area contributed by atoms with Crippen LogP contribution in [0.1, 0.15) is 20.3 Å². The van der Waals surface area contributed by atoms with Gasteiger partial charge in [0.1, 0.15) is 0 Å². The maximum absolute atomic E-state index is 5.50. The minimum Gasteiger partial charge on any atom is -0.353 e. The van der Waals surface area contributed by atoms with Crippen LogP contribution in [-0.2, 0) is 9.47 Å². The van der Waals surface area contributed by atoms with Crippen molar-refractivity contribution in [2.24, 2.45) is 0 Å². The highest BCUT2D eigenvalue weighted by Crippen LogP contribution is 2.22. The van der Waals surface area contributed by atoms with E-state index < -0.39 is 0 Å². The van der Waals surface area contributed by atoms with Crippen molar-refractivity contribution in [3.05, 3.63) is 28.7 Å². The molecule has 0 aliphatic heterocycles. The fraction of sp³-hybridized carbons (Fsp3) is 0.538. The van der Waals surface area contributed by atoms with Crippen LogP contribution in [0.2, 0.25) is 0 Å². The van der Waals surface area contributed by atoms with Gasteiger partial charge in [0.05, 0.1) is 0 Å². The van der Waals surface area contributed by atoms with Gasteiger partial charge in [-0.05, 0) is 38.1 Å². The zero-order valence-corrected chi connectivity index (χ0v) is 12.7. The fourth-order valence-electron chi connectivity index (χ4n) is 1.39. The molecule has 0 saturated carbocycles. The third kappa shape index (κ3) is 6.46. The molecule has 1 aromatic rings. The van der Waals surface area contributed by atoms with Crippen LogP contribution in [-0.4, -0.2) is 25.3 Å². The lowest BCUT2D eigenvalue weighted by Gasteiger charge is -2.16. The van der Waals surface area contributed by atoms with Gasteiger partial charge in [0.2, 0.25) is 0 Å². The van der Waals surface area contributed by atoms with Gasteiger partial charge in [-0.3, -0.25) is 0 Å². The quantitative estimate of drug-likeness (QED) is 0.525. The highest BCUT2D eigenvalue weighted by atomic mass is 79.9. The van der Waals surface area contributed by atoms with Crippen molar-refractivity contribution in [2.45, 2.75) is 31.5 Å². The van der Waals surface area contributed by atoms with E-state index in [1.807, 2.05) is 25.6 Å². The second-order valence-electron chi connectivity index (χ2n) is 3.43. The molecule has 4 heteroatoms. The van der Waals surface area contributed by atoms with E-state index in [2.05, 4.69) is 40.2 Å². The first-order valence-electron chi connectivity index (χ1n) is 5.87. The lowest BCUT2D eigenvalue weighted by atomic mass is 10.4. The number of halogens is 1. The van der Waals surface area contributed by atoms with Crippen molar-refractivity contribution < 1.29 is 9.47 Å². The summed E-state index contributed by atoms with van der Waals surface area (Å²) in [5.41, 5.74) is 0. The third-order valence-corrected chi connectivity index (χ3v) is 3.72. The Morgan fingerprint density at radius 2 is 1.71 bits per heavy atom. The zero-order chi connectivity index (χ0) is 12.5. The summed E-state index contributed by atoms with van der Waals surface area (Å²) < 4.78 is 12.1. The number of thioether (sulfide) groups is 1. The molecule has 0 spiro atoms. The van der Waals surface area contributed by atoms with Crippen LogP contribution in [0, 0.1) is 0 Å². The SMILES string of the molecule is CCOC(CCSc1ccc(Br)cc1)OCC. The van der Waals surface area contributed by atoms with E-state index in [4.69, 9.17) is 9.47 Å².